The van der Waals surface area contributed by atoms with Crippen LogP contribution >= 0.6 is 0 Å². The van der Waals surface area contributed by atoms with E-state index < -0.39 is 23.6 Å². The van der Waals surface area contributed by atoms with Gasteiger partial charge in [0.2, 0.25) is 5.91 Å². The van der Waals surface area contributed by atoms with Crippen molar-refractivity contribution in [1.29, 1.82) is 0 Å². The molecule has 0 aromatic carbocycles. The predicted molar refractivity (Wildman–Crippen MR) is 69.2 cm³/mol. The van der Waals surface area contributed by atoms with Gasteiger partial charge in [0.1, 0.15) is 11.6 Å². The molecule has 6 nitrogen and oxygen atoms in total. The van der Waals surface area contributed by atoms with Gasteiger partial charge in [-0.15, -0.1) is 0 Å². The van der Waals surface area contributed by atoms with Gasteiger partial charge in [-0.05, 0) is 20.8 Å². The molecule has 0 fully saturated rings. The Morgan fingerprint density at radius 3 is 2.05 bits per heavy atom. The minimum absolute atomic E-state index is 0.248. The van der Waals surface area contributed by atoms with E-state index in [1.807, 2.05) is 0 Å². The van der Waals surface area contributed by atoms with E-state index in [2.05, 4.69) is 10.1 Å². The SMILES string of the molecule is COC(=O)[C@H](CC(=O)OC(C)(C)C)NC(=O)C(C)C. The Labute approximate surface area is 113 Å². The Morgan fingerprint density at radius 2 is 1.68 bits per heavy atom. The van der Waals surface area contributed by atoms with Crippen molar-refractivity contribution in [2.24, 2.45) is 5.92 Å². The Hall–Kier alpha value is -1.59. The highest BCUT2D eigenvalue weighted by Crippen LogP contribution is 2.10. The second-order valence-corrected chi connectivity index (χ2v) is 5.53. The number of ether oxygens (including phenoxy) is 2. The van der Waals surface area contributed by atoms with Crippen LogP contribution in [-0.4, -0.2) is 36.6 Å². The van der Waals surface area contributed by atoms with Gasteiger partial charge in [-0.2, -0.15) is 0 Å². The number of rotatable bonds is 5. The largest absolute Gasteiger partial charge is 0.467 e. The zero-order valence-electron chi connectivity index (χ0n) is 12.4. The average molecular weight is 273 g/mol. The highest BCUT2D eigenvalue weighted by atomic mass is 16.6. The maximum absolute atomic E-state index is 11.7. The molecule has 0 spiro atoms. The third-order valence-electron chi connectivity index (χ3n) is 2.12. The lowest BCUT2D eigenvalue weighted by Crippen LogP contribution is -2.45. The van der Waals surface area contributed by atoms with Gasteiger partial charge < -0.3 is 14.8 Å². The summed E-state index contributed by atoms with van der Waals surface area (Å²) in [6.45, 7) is 8.56. The number of esters is 2. The normalized spacial score (nSPS) is 12.8. The van der Waals surface area contributed by atoms with Gasteiger partial charge in [0.15, 0.2) is 0 Å². The van der Waals surface area contributed by atoms with Crippen LogP contribution in [-0.2, 0) is 23.9 Å². The van der Waals surface area contributed by atoms with E-state index in [-0.39, 0.29) is 18.2 Å². The number of nitrogens with one attached hydrogen (secondary N) is 1. The average Bonchev–Trinajstić information content (AvgIpc) is 2.24. The van der Waals surface area contributed by atoms with Crippen LogP contribution in [0.4, 0.5) is 0 Å². The van der Waals surface area contributed by atoms with Crippen LogP contribution in [0.2, 0.25) is 0 Å². The minimum Gasteiger partial charge on any atom is -0.467 e. The third-order valence-corrected chi connectivity index (χ3v) is 2.12. The molecule has 0 bridgehead atoms. The van der Waals surface area contributed by atoms with E-state index in [4.69, 9.17) is 4.74 Å². The first-order valence-electron chi connectivity index (χ1n) is 6.17. The first-order chi connectivity index (χ1) is 8.56. The van der Waals surface area contributed by atoms with E-state index in [0.717, 1.165) is 0 Å². The summed E-state index contributed by atoms with van der Waals surface area (Å²) in [5, 5.41) is 2.47. The van der Waals surface area contributed by atoms with E-state index in [1.165, 1.54) is 7.11 Å². The summed E-state index contributed by atoms with van der Waals surface area (Å²) in [7, 11) is 1.20. The van der Waals surface area contributed by atoms with Crippen LogP contribution in [0.3, 0.4) is 0 Å². The van der Waals surface area contributed by atoms with Crippen LogP contribution < -0.4 is 5.32 Å². The van der Waals surface area contributed by atoms with Gasteiger partial charge >= 0.3 is 11.9 Å². The molecule has 110 valence electrons. The van der Waals surface area contributed by atoms with Crippen molar-refractivity contribution in [3.8, 4) is 0 Å². The summed E-state index contributed by atoms with van der Waals surface area (Å²) in [4.78, 5) is 34.8. The van der Waals surface area contributed by atoms with Gasteiger partial charge in [0.25, 0.3) is 0 Å². The van der Waals surface area contributed by atoms with Gasteiger partial charge in [0.05, 0.1) is 13.5 Å². The molecule has 0 aromatic heterocycles. The molecule has 0 saturated heterocycles. The lowest BCUT2D eigenvalue weighted by atomic mass is 10.1. The fourth-order valence-corrected chi connectivity index (χ4v) is 1.22. The lowest BCUT2D eigenvalue weighted by Gasteiger charge is -2.22. The quantitative estimate of drug-likeness (QED) is 0.757. The molecule has 0 unspecified atom stereocenters. The smallest absolute Gasteiger partial charge is 0.328 e. The molecular weight excluding hydrogens is 250 g/mol. The van der Waals surface area contributed by atoms with Gasteiger partial charge in [-0.3, -0.25) is 9.59 Å². The zero-order valence-corrected chi connectivity index (χ0v) is 12.4. The molecule has 0 radical (unpaired) electrons. The Bertz CT molecular complexity index is 343. The first-order valence-corrected chi connectivity index (χ1v) is 6.17. The molecule has 1 amide bonds. The summed E-state index contributed by atoms with van der Waals surface area (Å²) < 4.78 is 9.67. The topological polar surface area (TPSA) is 81.7 Å². The van der Waals surface area contributed by atoms with Crippen LogP contribution in [0.5, 0.6) is 0 Å². The molecular formula is C13H23NO5. The summed E-state index contributed by atoms with van der Waals surface area (Å²) >= 11 is 0. The monoisotopic (exact) mass is 273 g/mol. The van der Waals surface area contributed by atoms with Crippen molar-refractivity contribution >= 4 is 17.8 Å². The van der Waals surface area contributed by atoms with E-state index in [1.54, 1.807) is 34.6 Å². The van der Waals surface area contributed by atoms with Gasteiger partial charge in [0, 0.05) is 5.92 Å². The van der Waals surface area contributed by atoms with Gasteiger partial charge in [-0.25, -0.2) is 4.79 Å². The Kier molecular flexibility index (Phi) is 6.52. The van der Waals surface area contributed by atoms with E-state index in [0.29, 0.717) is 0 Å². The highest BCUT2D eigenvalue weighted by molar-refractivity contribution is 5.88. The van der Waals surface area contributed by atoms with E-state index >= 15 is 0 Å². The Morgan fingerprint density at radius 1 is 1.16 bits per heavy atom. The molecule has 0 aliphatic carbocycles. The summed E-state index contributed by atoms with van der Waals surface area (Å²) in [5.74, 6) is -1.84. The van der Waals surface area contributed by atoms with Crippen LogP contribution in [0, 0.1) is 5.92 Å². The standard InChI is InChI=1S/C13H23NO5/c1-8(2)11(16)14-9(12(17)18-6)7-10(15)19-13(3,4)5/h8-9H,7H2,1-6H3,(H,14,16)/t9-/m0/s1. The summed E-state index contributed by atoms with van der Waals surface area (Å²) in [5.41, 5.74) is -0.639. The highest BCUT2D eigenvalue weighted by Gasteiger charge is 2.28. The van der Waals surface area contributed by atoms with Crippen molar-refractivity contribution in [3.63, 3.8) is 0 Å². The number of hydrogen-bond acceptors (Lipinski definition) is 5. The predicted octanol–water partition coefficient (Wildman–Crippen LogP) is 1.03. The third kappa shape index (κ3) is 7.43. The fraction of sp³-hybridized carbons (Fsp3) is 0.769. The maximum Gasteiger partial charge on any atom is 0.328 e. The molecule has 19 heavy (non-hydrogen) atoms. The molecule has 0 rings (SSSR count). The second-order valence-electron chi connectivity index (χ2n) is 5.53. The molecule has 0 heterocycles. The molecule has 0 aromatic rings. The minimum atomic E-state index is -1.02. The molecule has 1 N–H and O–H groups in total. The van der Waals surface area contributed by atoms with Crippen molar-refractivity contribution in [2.45, 2.75) is 52.7 Å². The van der Waals surface area contributed by atoms with Crippen molar-refractivity contribution < 1.29 is 23.9 Å². The van der Waals surface area contributed by atoms with Crippen LogP contribution in [0.25, 0.3) is 0 Å². The van der Waals surface area contributed by atoms with Crippen LogP contribution in [0.15, 0.2) is 0 Å². The van der Waals surface area contributed by atoms with E-state index in [9.17, 15) is 14.4 Å². The molecule has 6 heteroatoms. The summed E-state index contributed by atoms with van der Waals surface area (Å²) in [6, 6.07) is -1.02. The molecule has 1 atom stereocenters. The van der Waals surface area contributed by atoms with Crippen molar-refractivity contribution in [3.05, 3.63) is 0 Å². The first kappa shape index (κ1) is 17.4. The van der Waals surface area contributed by atoms with Gasteiger partial charge in [-0.1, -0.05) is 13.8 Å². The molecule has 0 aliphatic rings. The number of hydrogen-bond donors (Lipinski definition) is 1. The fourth-order valence-electron chi connectivity index (χ4n) is 1.22. The number of methoxy groups -OCH3 is 1. The maximum atomic E-state index is 11.7. The van der Waals surface area contributed by atoms with Crippen LogP contribution in [0.1, 0.15) is 41.0 Å². The zero-order chi connectivity index (χ0) is 15.2. The Balaban J connectivity index is 4.65. The molecule has 0 aliphatic heterocycles. The molecule has 0 saturated carbocycles. The number of carbonyl (C=O) groups excluding carboxylic acids is 3. The second kappa shape index (κ2) is 7.11. The summed E-state index contributed by atoms with van der Waals surface area (Å²) in [6.07, 6.45) is -0.248. The lowest BCUT2D eigenvalue weighted by molar-refractivity contribution is -0.159. The van der Waals surface area contributed by atoms with Crippen molar-refractivity contribution in [1.82, 2.24) is 5.32 Å². The van der Waals surface area contributed by atoms with Crippen molar-refractivity contribution in [2.75, 3.05) is 7.11 Å². The number of amides is 1. The number of carbonyl (C=O) groups is 3.